The van der Waals surface area contributed by atoms with Crippen LogP contribution < -0.4 is 15.1 Å². The molecule has 0 bridgehead atoms. The van der Waals surface area contributed by atoms with Crippen molar-refractivity contribution < 1.29 is 4.79 Å². The number of carbonyl (C=O) groups excluding carboxylic acids is 1. The molecule has 1 aromatic carbocycles. The van der Waals surface area contributed by atoms with Gasteiger partial charge >= 0.3 is 0 Å². The Bertz CT molecular complexity index is 1020. The zero-order valence-electron chi connectivity index (χ0n) is 17.2. The summed E-state index contributed by atoms with van der Waals surface area (Å²) in [5.41, 5.74) is 2.14. The number of hydrogen-bond acceptors (Lipinski definition) is 6. The van der Waals surface area contributed by atoms with Crippen molar-refractivity contribution in [2.24, 2.45) is 7.05 Å². The van der Waals surface area contributed by atoms with Gasteiger partial charge in [0.1, 0.15) is 0 Å². The Balaban J connectivity index is 1.47. The zero-order chi connectivity index (χ0) is 20.4. The molecule has 8 nitrogen and oxygen atoms in total. The molecule has 1 saturated heterocycles. The number of anilines is 2. The minimum atomic E-state index is -0.0455. The van der Waals surface area contributed by atoms with Gasteiger partial charge in [0, 0.05) is 51.3 Å². The van der Waals surface area contributed by atoms with E-state index in [0.29, 0.717) is 24.1 Å². The first-order chi connectivity index (χ1) is 14.0. The fourth-order valence-electron chi connectivity index (χ4n) is 3.71. The molecule has 0 radical (unpaired) electrons. The fraction of sp³-hybridized carbons (Fsp3) is 0.429. The molecule has 29 heavy (non-hydrogen) atoms. The Labute approximate surface area is 170 Å². The van der Waals surface area contributed by atoms with Crippen LogP contribution in [-0.2, 0) is 24.8 Å². The second kappa shape index (κ2) is 8.06. The first-order valence-electron chi connectivity index (χ1n) is 9.98. The molecule has 1 amide bonds. The van der Waals surface area contributed by atoms with E-state index in [0.717, 1.165) is 42.4 Å². The Hall–Kier alpha value is -3.16. The van der Waals surface area contributed by atoms with Crippen LogP contribution in [0.3, 0.4) is 0 Å². The summed E-state index contributed by atoms with van der Waals surface area (Å²) < 4.78 is 2.05. The van der Waals surface area contributed by atoms with Crippen molar-refractivity contribution in [3.8, 4) is 0 Å². The van der Waals surface area contributed by atoms with Crippen LogP contribution in [0.4, 0.5) is 11.9 Å². The maximum absolute atomic E-state index is 12.6. The summed E-state index contributed by atoms with van der Waals surface area (Å²) in [5.74, 6) is 1.84. The Morgan fingerprint density at radius 1 is 1.14 bits per heavy atom. The summed E-state index contributed by atoms with van der Waals surface area (Å²) in [7, 11) is 5.81. The number of amides is 1. The minimum Gasteiger partial charge on any atom is -0.350 e. The maximum Gasteiger partial charge on any atom is 0.230 e. The SMILES string of the molecule is CN(C)c1nc(CNC(=O)Cc2cn(C)c3ccccc23)nc(N2CCCC2)n1. The van der Waals surface area contributed by atoms with Crippen molar-refractivity contribution in [3.63, 3.8) is 0 Å². The van der Waals surface area contributed by atoms with Crippen LogP contribution >= 0.6 is 0 Å². The fourth-order valence-corrected chi connectivity index (χ4v) is 3.71. The van der Waals surface area contributed by atoms with Gasteiger partial charge in [0.25, 0.3) is 0 Å². The normalized spacial score (nSPS) is 13.8. The van der Waals surface area contributed by atoms with Gasteiger partial charge < -0.3 is 19.7 Å². The van der Waals surface area contributed by atoms with E-state index in [1.807, 2.05) is 44.4 Å². The second-order valence-corrected chi connectivity index (χ2v) is 7.68. The van der Waals surface area contributed by atoms with Gasteiger partial charge in [-0.25, -0.2) is 0 Å². The molecule has 4 rings (SSSR count). The third-order valence-corrected chi connectivity index (χ3v) is 5.22. The quantitative estimate of drug-likeness (QED) is 0.689. The number of fused-ring (bicyclic) bond motifs is 1. The predicted octanol–water partition coefficient (Wildman–Crippen LogP) is 1.89. The highest BCUT2D eigenvalue weighted by Crippen LogP contribution is 2.21. The highest BCUT2D eigenvalue weighted by atomic mass is 16.1. The van der Waals surface area contributed by atoms with Gasteiger partial charge in [0.05, 0.1) is 13.0 Å². The van der Waals surface area contributed by atoms with Crippen LogP contribution in [-0.4, -0.2) is 52.6 Å². The number of rotatable bonds is 6. The molecule has 8 heteroatoms. The van der Waals surface area contributed by atoms with E-state index >= 15 is 0 Å². The van der Waals surface area contributed by atoms with Crippen LogP contribution in [0.1, 0.15) is 24.2 Å². The van der Waals surface area contributed by atoms with Gasteiger partial charge in [0.15, 0.2) is 5.82 Å². The predicted molar refractivity (Wildman–Crippen MR) is 114 cm³/mol. The summed E-state index contributed by atoms with van der Waals surface area (Å²) in [6.45, 7) is 2.21. The molecule has 0 aliphatic carbocycles. The topological polar surface area (TPSA) is 79.2 Å². The first kappa shape index (κ1) is 19.2. The molecule has 2 aromatic heterocycles. The second-order valence-electron chi connectivity index (χ2n) is 7.68. The lowest BCUT2D eigenvalue weighted by Gasteiger charge is -2.18. The number of carbonyl (C=O) groups is 1. The lowest BCUT2D eigenvalue weighted by atomic mass is 10.1. The molecule has 0 spiro atoms. The molecule has 1 N–H and O–H groups in total. The Morgan fingerprint density at radius 2 is 1.90 bits per heavy atom. The highest BCUT2D eigenvalue weighted by molar-refractivity contribution is 5.89. The van der Waals surface area contributed by atoms with Crippen molar-refractivity contribution in [2.75, 3.05) is 37.0 Å². The Morgan fingerprint density at radius 3 is 2.66 bits per heavy atom. The lowest BCUT2D eigenvalue weighted by Crippen LogP contribution is -2.28. The average Bonchev–Trinajstić information content (AvgIpc) is 3.36. The van der Waals surface area contributed by atoms with Crippen molar-refractivity contribution >= 4 is 28.7 Å². The van der Waals surface area contributed by atoms with Gasteiger partial charge in [-0.3, -0.25) is 4.79 Å². The number of hydrogen-bond donors (Lipinski definition) is 1. The summed E-state index contributed by atoms with van der Waals surface area (Å²) in [4.78, 5) is 30.3. The third kappa shape index (κ3) is 4.16. The zero-order valence-corrected chi connectivity index (χ0v) is 17.2. The summed E-state index contributed by atoms with van der Waals surface area (Å²) in [6.07, 6.45) is 4.65. The monoisotopic (exact) mass is 393 g/mol. The van der Waals surface area contributed by atoms with Crippen LogP contribution in [0.2, 0.25) is 0 Å². The van der Waals surface area contributed by atoms with E-state index in [9.17, 15) is 4.79 Å². The van der Waals surface area contributed by atoms with Gasteiger partial charge in [-0.1, -0.05) is 18.2 Å². The Kier molecular flexibility index (Phi) is 5.33. The maximum atomic E-state index is 12.6. The standard InChI is InChI=1S/C21H27N7O/c1-26(2)20-23-18(24-21(25-20)28-10-6-7-11-28)13-22-19(29)12-15-14-27(3)17-9-5-4-8-16(15)17/h4-5,8-9,14H,6-7,10-13H2,1-3H3,(H,22,29). The van der Waals surface area contributed by atoms with Crippen LogP contribution in [0, 0.1) is 0 Å². The summed E-state index contributed by atoms with van der Waals surface area (Å²) in [5, 5.41) is 4.08. The number of benzene rings is 1. The van der Waals surface area contributed by atoms with E-state index < -0.39 is 0 Å². The molecule has 0 saturated carbocycles. The molecule has 3 aromatic rings. The molecule has 0 unspecified atom stereocenters. The number of aryl methyl sites for hydroxylation is 1. The molecule has 152 valence electrons. The highest BCUT2D eigenvalue weighted by Gasteiger charge is 2.18. The van der Waals surface area contributed by atoms with Gasteiger partial charge in [-0.05, 0) is 24.5 Å². The number of nitrogens with zero attached hydrogens (tertiary/aromatic N) is 6. The van der Waals surface area contributed by atoms with Crippen molar-refractivity contribution in [2.45, 2.75) is 25.8 Å². The summed E-state index contributed by atoms with van der Waals surface area (Å²) >= 11 is 0. The number of aromatic nitrogens is 4. The molecule has 1 aliphatic heterocycles. The van der Waals surface area contributed by atoms with Crippen molar-refractivity contribution in [1.82, 2.24) is 24.8 Å². The van der Waals surface area contributed by atoms with Crippen LogP contribution in [0.15, 0.2) is 30.5 Å². The van der Waals surface area contributed by atoms with Crippen molar-refractivity contribution in [1.29, 1.82) is 0 Å². The number of nitrogens with one attached hydrogen (secondary N) is 1. The van der Waals surface area contributed by atoms with E-state index in [-0.39, 0.29) is 12.5 Å². The molecular formula is C21H27N7O. The molecule has 0 atom stereocenters. The van der Waals surface area contributed by atoms with E-state index in [1.54, 1.807) is 0 Å². The minimum absolute atomic E-state index is 0.0455. The third-order valence-electron chi connectivity index (χ3n) is 5.22. The first-order valence-corrected chi connectivity index (χ1v) is 9.98. The van der Waals surface area contributed by atoms with E-state index in [4.69, 9.17) is 0 Å². The smallest absolute Gasteiger partial charge is 0.230 e. The van der Waals surface area contributed by atoms with Crippen molar-refractivity contribution in [3.05, 3.63) is 41.9 Å². The molecule has 3 heterocycles. The van der Waals surface area contributed by atoms with Gasteiger partial charge in [0.2, 0.25) is 17.8 Å². The summed E-state index contributed by atoms with van der Waals surface area (Å²) in [6, 6.07) is 8.12. The largest absolute Gasteiger partial charge is 0.350 e. The number of para-hydroxylation sites is 1. The molecule has 1 fully saturated rings. The van der Waals surface area contributed by atoms with Crippen LogP contribution in [0.25, 0.3) is 10.9 Å². The molecular weight excluding hydrogens is 366 g/mol. The lowest BCUT2D eigenvalue weighted by molar-refractivity contribution is -0.120. The van der Waals surface area contributed by atoms with E-state index in [2.05, 4.69) is 41.9 Å². The van der Waals surface area contributed by atoms with E-state index in [1.165, 1.54) is 0 Å². The van der Waals surface area contributed by atoms with Gasteiger partial charge in [-0.15, -0.1) is 0 Å². The van der Waals surface area contributed by atoms with Crippen LogP contribution in [0.5, 0.6) is 0 Å². The van der Waals surface area contributed by atoms with Gasteiger partial charge in [-0.2, -0.15) is 15.0 Å². The average molecular weight is 393 g/mol. The molecule has 1 aliphatic rings.